The van der Waals surface area contributed by atoms with Crippen LogP contribution in [0.4, 0.5) is 18.0 Å². The Morgan fingerprint density at radius 3 is 2.55 bits per heavy atom. The molecular formula is C20H24F3N3O5. The second-order valence-corrected chi connectivity index (χ2v) is 7.89. The first-order valence-corrected chi connectivity index (χ1v) is 9.99. The Kier molecular flexibility index (Phi) is 6.73. The molecular weight excluding hydrogens is 419 g/mol. The number of carbonyl (C=O) groups is 3. The van der Waals surface area contributed by atoms with E-state index in [2.05, 4.69) is 10.6 Å². The molecule has 31 heavy (non-hydrogen) atoms. The lowest BCUT2D eigenvalue weighted by Crippen LogP contribution is -2.52. The fraction of sp³-hybridized carbons (Fsp3) is 0.550. The zero-order valence-electron chi connectivity index (χ0n) is 16.6. The Hall–Kier alpha value is -2.82. The molecule has 3 rings (SSSR count). The van der Waals surface area contributed by atoms with E-state index in [-0.39, 0.29) is 36.1 Å². The highest BCUT2D eigenvalue weighted by molar-refractivity contribution is 5.98. The molecule has 1 aromatic rings. The van der Waals surface area contributed by atoms with Crippen LogP contribution in [-0.2, 0) is 11.0 Å². The van der Waals surface area contributed by atoms with E-state index in [0.717, 1.165) is 18.2 Å². The summed E-state index contributed by atoms with van der Waals surface area (Å²) in [6.45, 7) is 0.123. The van der Waals surface area contributed by atoms with Gasteiger partial charge in [-0.2, -0.15) is 13.2 Å². The van der Waals surface area contributed by atoms with Crippen LogP contribution in [0, 0.1) is 5.92 Å². The quantitative estimate of drug-likeness (QED) is 0.554. The summed E-state index contributed by atoms with van der Waals surface area (Å²) in [6, 6.07) is 2.53. The van der Waals surface area contributed by atoms with Gasteiger partial charge in [-0.25, -0.2) is 4.79 Å². The van der Waals surface area contributed by atoms with Gasteiger partial charge in [0.25, 0.3) is 5.91 Å². The minimum absolute atomic E-state index is 0.186. The van der Waals surface area contributed by atoms with Crippen LogP contribution < -0.4 is 10.6 Å². The molecule has 0 unspecified atom stereocenters. The van der Waals surface area contributed by atoms with Crippen molar-refractivity contribution in [3.63, 3.8) is 0 Å². The number of rotatable bonds is 5. The molecule has 0 spiro atoms. The number of alkyl halides is 3. The highest BCUT2D eigenvalue weighted by Crippen LogP contribution is 2.32. The molecule has 8 nitrogen and oxygen atoms in total. The molecule has 2 aliphatic rings. The standard InChI is InChI=1S/C20H24F3N3O5/c21-20(22,23)13-3-1-2-11(8-13)17(28)25-15-6-7-26(18(15)29)16-5-4-14(24-19(30)31)9-12(16)10-27/h1-3,8,12,14-16,24,27H,4-7,9-10H2,(H,25,28)(H,30,31)/t12-,14+,15-,16-/m0/s1. The van der Waals surface area contributed by atoms with E-state index in [4.69, 9.17) is 5.11 Å². The van der Waals surface area contributed by atoms with Gasteiger partial charge in [0.1, 0.15) is 6.04 Å². The van der Waals surface area contributed by atoms with Crippen molar-refractivity contribution in [3.8, 4) is 0 Å². The van der Waals surface area contributed by atoms with Gasteiger partial charge in [-0.1, -0.05) is 6.07 Å². The van der Waals surface area contributed by atoms with Crippen LogP contribution in [0.1, 0.15) is 41.6 Å². The fourth-order valence-electron chi connectivity index (χ4n) is 4.40. The first-order chi connectivity index (χ1) is 14.6. The maximum atomic E-state index is 12.9. The number of nitrogens with zero attached hydrogens (tertiary/aromatic N) is 1. The van der Waals surface area contributed by atoms with Crippen molar-refractivity contribution in [1.82, 2.24) is 15.5 Å². The van der Waals surface area contributed by atoms with Crippen LogP contribution in [0.15, 0.2) is 24.3 Å². The van der Waals surface area contributed by atoms with Gasteiger partial charge in [0.15, 0.2) is 0 Å². The normalized spacial score (nSPS) is 26.6. The number of carboxylic acid groups (broad SMARTS) is 1. The number of aliphatic hydroxyl groups is 1. The number of likely N-dealkylation sites (tertiary alicyclic amines) is 1. The zero-order valence-corrected chi connectivity index (χ0v) is 16.6. The minimum atomic E-state index is -4.58. The van der Waals surface area contributed by atoms with Crippen LogP contribution in [0.2, 0.25) is 0 Å². The van der Waals surface area contributed by atoms with Gasteiger partial charge in [-0.15, -0.1) is 0 Å². The number of aliphatic hydroxyl groups excluding tert-OH is 1. The molecule has 1 aromatic carbocycles. The summed E-state index contributed by atoms with van der Waals surface area (Å²) in [5.41, 5.74) is -1.13. The lowest BCUT2D eigenvalue weighted by Gasteiger charge is -2.40. The van der Waals surface area contributed by atoms with Crippen molar-refractivity contribution in [2.24, 2.45) is 5.92 Å². The Bertz CT molecular complexity index is 848. The summed E-state index contributed by atoms with van der Waals surface area (Å²) in [5, 5.41) is 23.5. The number of amides is 3. The topological polar surface area (TPSA) is 119 Å². The van der Waals surface area contributed by atoms with Crippen LogP contribution in [0.5, 0.6) is 0 Å². The molecule has 3 amide bonds. The van der Waals surface area contributed by atoms with E-state index >= 15 is 0 Å². The first-order valence-electron chi connectivity index (χ1n) is 9.99. The van der Waals surface area contributed by atoms with Gasteiger partial charge >= 0.3 is 12.3 Å². The van der Waals surface area contributed by atoms with E-state index in [1.165, 1.54) is 6.07 Å². The smallest absolute Gasteiger partial charge is 0.416 e. The number of hydrogen-bond donors (Lipinski definition) is 4. The number of hydrogen-bond acceptors (Lipinski definition) is 4. The molecule has 1 aliphatic carbocycles. The van der Waals surface area contributed by atoms with Gasteiger partial charge in [0.2, 0.25) is 5.91 Å². The Morgan fingerprint density at radius 1 is 1.16 bits per heavy atom. The van der Waals surface area contributed by atoms with Gasteiger partial charge < -0.3 is 25.7 Å². The van der Waals surface area contributed by atoms with Crippen molar-refractivity contribution in [2.45, 2.75) is 50.0 Å². The predicted molar refractivity (Wildman–Crippen MR) is 102 cm³/mol. The highest BCUT2D eigenvalue weighted by Gasteiger charge is 2.42. The van der Waals surface area contributed by atoms with E-state index < -0.39 is 29.8 Å². The molecule has 11 heteroatoms. The summed E-state index contributed by atoms with van der Waals surface area (Å²) >= 11 is 0. The third-order valence-corrected chi connectivity index (χ3v) is 5.90. The van der Waals surface area contributed by atoms with E-state index in [0.29, 0.717) is 32.2 Å². The fourth-order valence-corrected chi connectivity index (χ4v) is 4.40. The van der Waals surface area contributed by atoms with Crippen LogP contribution in [0.3, 0.4) is 0 Å². The SMILES string of the molecule is O=C(O)N[C@@H]1CC[C@H](N2CC[C@H](NC(=O)c3cccc(C(F)(F)F)c3)C2=O)[C@H](CO)C1. The lowest BCUT2D eigenvalue weighted by atomic mass is 9.81. The summed E-state index contributed by atoms with van der Waals surface area (Å²) < 4.78 is 38.6. The van der Waals surface area contributed by atoms with Gasteiger partial charge in [0.05, 0.1) is 5.56 Å². The van der Waals surface area contributed by atoms with E-state index in [1.54, 1.807) is 4.90 Å². The van der Waals surface area contributed by atoms with Crippen molar-refractivity contribution in [2.75, 3.05) is 13.2 Å². The molecule has 0 bridgehead atoms. The summed E-state index contributed by atoms with van der Waals surface area (Å²) in [4.78, 5) is 37.7. The first kappa shape index (κ1) is 22.9. The third kappa shape index (κ3) is 5.27. The maximum absolute atomic E-state index is 12.9. The molecule has 1 heterocycles. The maximum Gasteiger partial charge on any atom is 0.416 e. The molecule has 0 radical (unpaired) electrons. The van der Waals surface area contributed by atoms with E-state index in [1.807, 2.05) is 0 Å². The molecule has 1 saturated heterocycles. The average Bonchev–Trinajstić information content (AvgIpc) is 3.07. The van der Waals surface area contributed by atoms with Gasteiger partial charge in [-0.05, 0) is 43.9 Å². The van der Waals surface area contributed by atoms with E-state index in [9.17, 15) is 32.7 Å². The molecule has 4 N–H and O–H groups in total. The Labute approximate surface area is 176 Å². The average molecular weight is 443 g/mol. The van der Waals surface area contributed by atoms with Crippen molar-refractivity contribution in [3.05, 3.63) is 35.4 Å². The van der Waals surface area contributed by atoms with Crippen LogP contribution in [0.25, 0.3) is 0 Å². The van der Waals surface area contributed by atoms with Crippen LogP contribution in [-0.4, -0.2) is 64.3 Å². The van der Waals surface area contributed by atoms with Crippen molar-refractivity contribution < 1.29 is 37.8 Å². The molecule has 1 saturated carbocycles. The summed E-state index contributed by atoms with van der Waals surface area (Å²) in [6.07, 6.45) is -4.03. The van der Waals surface area contributed by atoms with Crippen molar-refractivity contribution in [1.29, 1.82) is 0 Å². The third-order valence-electron chi connectivity index (χ3n) is 5.90. The largest absolute Gasteiger partial charge is 0.465 e. The van der Waals surface area contributed by atoms with Gasteiger partial charge in [0, 0.05) is 36.7 Å². The predicted octanol–water partition coefficient (Wildman–Crippen LogP) is 1.83. The van der Waals surface area contributed by atoms with Crippen molar-refractivity contribution >= 4 is 17.9 Å². The second-order valence-electron chi connectivity index (χ2n) is 7.89. The Morgan fingerprint density at radius 2 is 1.90 bits per heavy atom. The highest BCUT2D eigenvalue weighted by atomic mass is 19.4. The minimum Gasteiger partial charge on any atom is -0.465 e. The molecule has 0 aromatic heterocycles. The molecule has 1 aliphatic heterocycles. The van der Waals surface area contributed by atoms with Crippen LogP contribution >= 0.6 is 0 Å². The second kappa shape index (κ2) is 9.13. The number of carbonyl (C=O) groups excluding carboxylic acids is 2. The number of halogens is 3. The molecule has 4 atom stereocenters. The zero-order chi connectivity index (χ0) is 22.8. The lowest BCUT2D eigenvalue weighted by molar-refractivity contribution is -0.137. The molecule has 2 fully saturated rings. The summed E-state index contributed by atoms with van der Waals surface area (Å²) in [7, 11) is 0. The molecule has 170 valence electrons. The van der Waals surface area contributed by atoms with Gasteiger partial charge in [-0.3, -0.25) is 9.59 Å². The summed E-state index contributed by atoms with van der Waals surface area (Å²) in [5.74, 6) is -1.43. The Balaban J connectivity index is 1.63. The monoisotopic (exact) mass is 443 g/mol. The number of nitrogens with one attached hydrogen (secondary N) is 2. The number of benzene rings is 1.